The molecular weight excluding hydrogens is 464 g/mol. The van der Waals surface area contributed by atoms with E-state index in [-0.39, 0.29) is 17.7 Å². The Morgan fingerprint density at radius 2 is 1.64 bits per heavy atom. The molecule has 0 radical (unpaired) electrons. The molecule has 2 aromatic heterocycles. The first-order valence-corrected chi connectivity index (χ1v) is 11.4. The molecule has 1 atom stereocenters. The molecule has 36 heavy (non-hydrogen) atoms. The normalized spacial score (nSPS) is 11.7. The van der Waals surface area contributed by atoms with E-state index in [1.165, 1.54) is 17.8 Å². The number of para-hydroxylation sites is 1. The minimum Gasteiger partial charge on any atom is -0.481 e. The summed E-state index contributed by atoms with van der Waals surface area (Å²) in [5.41, 5.74) is 4.48. The van der Waals surface area contributed by atoms with E-state index in [1.807, 2.05) is 43.3 Å². The van der Waals surface area contributed by atoms with Crippen LogP contribution in [-0.2, 0) is 29.2 Å². The molecule has 11 heteroatoms. The van der Waals surface area contributed by atoms with Gasteiger partial charge in [0.15, 0.2) is 17.3 Å². The van der Waals surface area contributed by atoms with Crippen molar-refractivity contribution in [1.82, 2.24) is 29.5 Å². The molecule has 0 aliphatic heterocycles. The van der Waals surface area contributed by atoms with Crippen molar-refractivity contribution in [3.05, 3.63) is 93.4 Å². The van der Waals surface area contributed by atoms with Gasteiger partial charge in [-0.15, -0.1) is 0 Å². The third-order valence-electron chi connectivity index (χ3n) is 5.56. The van der Waals surface area contributed by atoms with Crippen LogP contribution in [0.2, 0.25) is 0 Å². The Morgan fingerprint density at radius 3 is 2.31 bits per heavy atom. The number of aryl methyl sites for hydroxylation is 1. The van der Waals surface area contributed by atoms with Crippen molar-refractivity contribution in [2.24, 2.45) is 0 Å². The van der Waals surface area contributed by atoms with Gasteiger partial charge in [0, 0.05) is 6.54 Å². The van der Waals surface area contributed by atoms with Gasteiger partial charge in [0.05, 0.1) is 12.9 Å². The van der Waals surface area contributed by atoms with E-state index >= 15 is 0 Å². The van der Waals surface area contributed by atoms with Crippen LogP contribution in [0.3, 0.4) is 0 Å². The first-order valence-electron chi connectivity index (χ1n) is 11.4. The highest BCUT2D eigenvalue weighted by Gasteiger charge is 2.20. The summed E-state index contributed by atoms with van der Waals surface area (Å²) in [6.45, 7) is 3.41. The highest BCUT2D eigenvalue weighted by molar-refractivity contribution is 5.84. The van der Waals surface area contributed by atoms with Crippen molar-refractivity contribution in [1.29, 1.82) is 0 Å². The van der Waals surface area contributed by atoms with Crippen molar-refractivity contribution in [3.8, 4) is 5.75 Å². The molecule has 0 saturated heterocycles. The van der Waals surface area contributed by atoms with Crippen LogP contribution in [-0.4, -0.2) is 36.6 Å². The van der Waals surface area contributed by atoms with Gasteiger partial charge in [-0.2, -0.15) is 0 Å². The van der Waals surface area contributed by atoms with Crippen LogP contribution in [0.25, 0.3) is 11.2 Å². The van der Waals surface area contributed by atoms with Gasteiger partial charge in [-0.25, -0.2) is 14.3 Å². The number of rotatable bonds is 8. The molecule has 4 rings (SSSR count). The number of benzene rings is 2. The van der Waals surface area contributed by atoms with Gasteiger partial charge in [-0.3, -0.25) is 29.8 Å². The second-order valence-electron chi connectivity index (χ2n) is 8.06. The molecule has 11 nitrogen and oxygen atoms in total. The second-order valence-corrected chi connectivity index (χ2v) is 8.06. The zero-order valence-electron chi connectivity index (χ0n) is 19.9. The van der Waals surface area contributed by atoms with Crippen LogP contribution in [0.1, 0.15) is 19.4 Å². The van der Waals surface area contributed by atoms with Gasteiger partial charge < -0.3 is 9.30 Å². The quantitative estimate of drug-likeness (QED) is 0.355. The summed E-state index contributed by atoms with van der Waals surface area (Å²) >= 11 is 0. The van der Waals surface area contributed by atoms with E-state index in [0.717, 1.165) is 10.1 Å². The maximum atomic E-state index is 13.3. The third kappa shape index (κ3) is 5.19. The molecule has 4 aromatic rings. The number of carbonyl (C=O) groups is 2. The number of aromatic nitrogens is 4. The Balaban J connectivity index is 1.54. The zero-order valence-corrected chi connectivity index (χ0v) is 19.9. The maximum absolute atomic E-state index is 13.3. The van der Waals surface area contributed by atoms with Gasteiger partial charge in [-0.05, 0) is 31.5 Å². The molecule has 2 aromatic carbocycles. The number of carbonyl (C=O) groups excluding carboxylic acids is 2. The number of nitrogens with zero attached hydrogens (tertiary/aromatic N) is 4. The minimum atomic E-state index is -0.895. The van der Waals surface area contributed by atoms with E-state index in [1.54, 1.807) is 28.8 Å². The van der Waals surface area contributed by atoms with E-state index in [4.69, 9.17) is 4.74 Å². The Hall–Kier alpha value is -4.67. The summed E-state index contributed by atoms with van der Waals surface area (Å²) in [5, 5.41) is 0. The van der Waals surface area contributed by atoms with E-state index in [2.05, 4.69) is 15.8 Å². The maximum Gasteiger partial charge on any atom is 0.333 e. The van der Waals surface area contributed by atoms with E-state index in [9.17, 15) is 19.2 Å². The van der Waals surface area contributed by atoms with Gasteiger partial charge in [0.2, 0.25) is 0 Å². The number of fused-ring (bicyclic) bond motifs is 1. The molecule has 2 amide bonds. The predicted molar refractivity (Wildman–Crippen MR) is 132 cm³/mol. The fourth-order valence-corrected chi connectivity index (χ4v) is 3.70. The lowest BCUT2D eigenvalue weighted by Crippen LogP contribution is -2.50. The molecular formula is C25H26N6O5. The number of hydrazine groups is 1. The number of amides is 2. The molecule has 0 saturated carbocycles. The predicted octanol–water partition coefficient (Wildman–Crippen LogP) is 1.04. The van der Waals surface area contributed by atoms with Gasteiger partial charge in [-0.1, -0.05) is 48.5 Å². The molecule has 186 valence electrons. The first kappa shape index (κ1) is 24.5. The molecule has 2 heterocycles. The van der Waals surface area contributed by atoms with Crippen LogP contribution in [0, 0.1) is 0 Å². The summed E-state index contributed by atoms with van der Waals surface area (Å²) in [6.07, 6.45) is 0.597. The summed E-state index contributed by atoms with van der Waals surface area (Å²) in [6, 6.07) is 18.0. The summed E-state index contributed by atoms with van der Waals surface area (Å²) in [5.74, 6) is -0.846. The molecule has 0 aliphatic rings. The molecule has 0 aliphatic carbocycles. The van der Waals surface area contributed by atoms with Gasteiger partial charge in [0.25, 0.3) is 17.4 Å². The lowest BCUT2D eigenvalue weighted by Gasteiger charge is -2.16. The molecule has 0 fully saturated rings. The molecule has 0 spiro atoms. The lowest BCUT2D eigenvalue weighted by atomic mass is 10.2. The van der Waals surface area contributed by atoms with Crippen molar-refractivity contribution in [2.45, 2.75) is 39.6 Å². The van der Waals surface area contributed by atoms with Crippen molar-refractivity contribution in [2.75, 3.05) is 0 Å². The summed E-state index contributed by atoms with van der Waals surface area (Å²) in [7, 11) is 0. The molecule has 1 unspecified atom stereocenters. The Kier molecular flexibility index (Phi) is 7.28. The lowest BCUT2D eigenvalue weighted by molar-refractivity contribution is -0.133. The van der Waals surface area contributed by atoms with Crippen LogP contribution in [0.5, 0.6) is 5.75 Å². The average molecular weight is 491 g/mol. The minimum absolute atomic E-state index is 0.171. The SMILES string of the molecule is CCn1cnc2c1c(=O)n(CC(=O)NNC(=O)C(C)Oc1ccccc1)c(=O)n2Cc1ccccc1. The Morgan fingerprint density at radius 1 is 0.972 bits per heavy atom. The average Bonchev–Trinajstić information content (AvgIpc) is 3.33. The van der Waals surface area contributed by atoms with Crippen molar-refractivity contribution < 1.29 is 14.3 Å². The smallest absolute Gasteiger partial charge is 0.333 e. The van der Waals surface area contributed by atoms with Crippen LogP contribution in [0.15, 0.2) is 76.6 Å². The fourth-order valence-electron chi connectivity index (χ4n) is 3.70. The van der Waals surface area contributed by atoms with Crippen LogP contribution >= 0.6 is 0 Å². The van der Waals surface area contributed by atoms with Crippen molar-refractivity contribution in [3.63, 3.8) is 0 Å². The van der Waals surface area contributed by atoms with Crippen LogP contribution in [0.4, 0.5) is 0 Å². The Bertz CT molecular complexity index is 1490. The van der Waals surface area contributed by atoms with Crippen LogP contribution < -0.4 is 26.8 Å². The number of hydrogen-bond acceptors (Lipinski definition) is 6. The highest BCUT2D eigenvalue weighted by atomic mass is 16.5. The standard InChI is InChI=1S/C25H26N6O5/c1-3-29-16-26-22-21(29)24(34)31(25(35)30(22)14-18-10-6-4-7-11-18)15-20(32)27-28-23(33)17(2)36-19-12-8-5-9-13-19/h4-13,16-17H,3,14-15H2,1-2H3,(H,27,32)(H,28,33). The van der Waals surface area contributed by atoms with Crippen molar-refractivity contribution >= 4 is 23.0 Å². The number of imidazole rings is 1. The van der Waals surface area contributed by atoms with Gasteiger partial charge in [0.1, 0.15) is 12.3 Å². The highest BCUT2D eigenvalue weighted by Crippen LogP contribution is 2.11. The number of ether oxygens (including phenoxy) is 1. The topological polar surface area (TPSA) is 129 Å². The molecule has 0 bridgehead atoms. The van der Waals surface area contributed by atoms with Gasteiger partial charge >= 0.3 is 5.69 Å². The number of hydrogen-bond donors (Lipinski definition) is 2. The molecule has 2 N–H and O–H groups in total. The van der Waals surface area contributed by atoms with E-state index < -0.39 is 35.7 Å². The second kappa shape index (κ2) is 10.7. The number of nitrogens with one attached hydrogen (secondary N) is 2. The Labute approximate surface area is 205 Å². The monoisotopic (exact) mass is 490 g/mol. The van der Waals surface area contributed by atoms with E-state index in [0.29, 0.717) is 12.3 Å². The third-order valence-corrected chi connectivity index (χ3v) is 5.56. The first-order chi connectivity index (χ1) is 17.4. The summed E-state index contributed by atoms with van der Waals surface area (Å²) < 4.78 is 9.34. The zero-order chi connectivity index (χ0) is 25.7. The summed E-state index contributed by atoms with van der Waals surface area (Å²) in [4.78, 5) is 55.7. The largest absolute Gasteiger partial charge is 0.481 e. The fraction of sp³-hybridized carbons (Fsp3) is 0.240.